The van der Waals surface area contributed by atoms with Crippen molar-refractivity contribution in [3.8, 4) is 5.75 Å². The summed E-state index contributed by atoms with van der Waals surface area (Å²) < 4.78 is 7.15. The minimum atomic E-state index is -0.385. The van der Waals surface area contributed by atoms with Crippen molar-refractivity contribution in [3.05, 3.63) is 61.2 Å². The van der Waals surface area contributed by atoms with Crippen LogP contribution in [0.2, 0.25) is 5.02 Å². The minimum Gasteiger partial charge on any atom is -0.496 e. The molecule has 1 aromatic carbocycles. The summed E-state index contributed by atoms with van der Waals surface area (Å²) in [5.41, 5.74) is 0.344. The molecule has 5 nitrogen and oxygen atoms in total. The van der Waals surface area contributed by atoms with Gasteiger partial charge in [-0.1, -0.05) is 11.6 Å². The molecule has 0 N–H and O–H groups in total. The summed E-state index contributed by atoms with van der Waals surface area (Å²) in [5.74, 6) is 0.0667. The lowest BCUT2D eigenvalue weighted by Gasteiger charge is -2.05. The molecule has 24 heavy (non-hydrogen) atoms. The average molecular weight is 380 g/mol. The molecule has 3 rings (SSSR count). The molecule has 8 heteroatoms. The first kappa shape index (κ1) is 16.9. The third-order valence-corrected chi connectivity index (χ3v) is 5.15. The topological polar surface area (TPSA) is 56.5 Å². The van der Waals surface area contributed by atoms with Crippen LogP contribution < -0.4 is 9.54 Å². The minimum absolute atomic E-state index is 0.344. The van der Waals surface area contributed by atoms with Gasteiger partial charge in [0.15, 0.2) is 4.80 Å². The van der Waals surface area contributed by atoms with Gasteiger partial charge in [0, 0.05) is 27.7 Å². The summed E-state index contributed by atoms with van der Waals surface area (Å²) in [6.45, 7) is 2.56. The SMILES string of the molecule is COc1ccc(Cl)cc1C(=O)N=c1sc(C)cn1Cc1nccs1. The number of carbonyl (C=O) groups is 1. The number of aryl methyl sites for hydroxylation is 1. The van der Waals surface area contributed by atoms with Crippen molar-refractivity contribution in [2.75, 3.05) is 7.11 Å². The number of thiazole rings is 2. The molecular weight excluding hydrogens is 366 g/mol. The molecule has 0 saturated heterocycles. The maximum atomic E-state index is 12.6. The predicted molar refractivity (Wildman–Crippen MR) is 96.2 cm³/mol. The molecule has 0 radical (unpaired) electrons. The van der Waals surface area contributed by atoms with Crippen molar-refractivity contribution in [1.29, 1.82) is 0 Å². The number of methoxy groups -OCH3 is 1. The van der Waals surface area contributed by atoms with Gasteiger partial charge in [-0.05, 0) is 25.1 Å². The van der Waals surface area contributed by atoms with Gasteiger partial charge < -0.3 is 9.30 Å². The summed E-state index contributed by atoms with van der Waals surface area (Å²) in [5, 5.41) is 3.35. The first-order chi connectivity index (χ1) is 11.6. The van der Waals surface area contributed by atoms with Crippen LogP contribution in [0.3, 0.4) is 0 Å². The summed E-state index contributed by atoms with van der Waals surface area (Å²) in [7, 11) is 1.51. The van der Waals surface area contributed by atoms with E-state index in [1.807, 2.05) is 23.1 Å². The monoisotopic (exact) mass is 379 g/mol. The molecule has 124 valence electrons. The molecule has 1 amide bonds. The normalized spacial score (nSPS) is 11.7. The number of carbonyl (C=O) groups excluding carboxylic acids is 1. The Kier molecular flexibility index (Phi) is 5.13. The molecule has 0 fully saturated rings. The first-order valence-corrected chi connectivity index (χ1v) is 9.12. The Balaban J connectivity index is 1.99. The highest BCUT2D eigenvalue weighted by Crippen LogP contribution is 2.23. The van der Waals surface area contributed by atoms with Gasteiger partial charge in [-0.3, -0.25) is 4.79 Å². The van der Waals surface area contributed by atoms with E-state index in [1.165, 1.54) is 18.4 Å². The lowest BCUT2D eigenvalue weighted by Crippen LogP contribution is -2.17. The fraction of sp³-hybridized carbons (Fsp3) is 0.188. The van der Waals surface area contributed by atoms with Gasteiger partial charge in [0.1, 0.15) is 10.8 Å². The lowest BCUT2D eigenvalue weighted by atomic mass is 10.2. The number of rotatable bonds is 4. The van der Waals surface area contributed by atoms with Gasteiger partial charge in [0.25, 0.3) is 5.91 Å². The highest BCUT2D eigenvalue weighted by Gasteiger charge is 2.13. The molecule has 0 unspecified atom stereocenters. The van der Waals surface area contributed by atoms with E-state index in [0.717, 1.165) is 9.88 Å². The first-order valence-electron chi connectivity index (χ1n) is 7.04. The quantitative estimate of drug-likeness (QED) is 0.693. The van der Waals surface area contributed by atoms with E-state index in [9.17, 15) is 4.79 Å². The number of hydrogen-bond acceptors (Lipinski definition) is 5. The average Bonchev–Trinajstić information content (AvgIpc) is 3.18. The van der Waals surface area contributed by atoms with Crippen LogP contribution in [0, 0.1) is 6.92 Å². The Morgan fingerprint density at radius 2 is 2.29 bits per heavy atom. The molecule has 2 aromatic heterocycles. The van der Waals surface area contributed by atoms with E-state index >= 15 is 0 Å². The molecule has 3 aromatic rings. The van der Waals surface area contributed by atoms with Crippen LogP contribution >= 0.6 is 34.3 Å². The maximum absolute atomic E-state index is 12.6. The zero-order chi connectivity index (χ0) is 17.1. The standard InChI is InChI=1S/C16H14ClN3O2S2/c1-10-8-20(9-14-18-5-6-23-14)16(24-10)19-15(21)12-7-11(17)3-4-13(12)22-2/h3-8H,9H2,1-2H3. The highest BCUT2D eigenvalue weighted by molar-refractivity contribution is 7.09. The Labute approximate surface area is 151 Å². The van der Waals surface area contributed by atoms with Crippen LogP contribution in [0.4, 0.5) is 0 Å². The predicted octanol–water partition coefficient (Wildman–Crippen LogP) is 3.77. The third-order valence-electron chi connectivity index (χ3n) is 3.21. The summed E-state index contributed by atoms with van der Waals surface area (Å²) in [4.78, 5) is 22.8. The molecule has 0 spiro atoms. The number of nitrogens with zero attached hydrogens (tertiary/aromatic N) is 3. The van der Waals surface area contributed by atoms with Gasteiger partial charge in [-0.25, -0.2) is 4.98 Å². The van der Waals surface area contributed by atoms with Gasteiger partial charge in [0.05, 0.1) is 19.2 Å². The molecule has 0 aliphatic rings. The Hall–Kier alpha value is -1.96. The van der Waals surface area contributed by atoms with E-state index in [2.05, 4.69) is 9.98 Å². The Morgan fingerprint density at radius 3 is 3.00 bits per heavy atom. The van der Waals surface area contributed by atoms with Crippen LogP contribution in [0.5, 0.6) is 5.75 Å². The molecule has 0 aliphatic heterocycles. The molecule has 0 saturated carbocycles. The zero-order valence-corrected chi connectivity index (χ0v) is 15.4. The maximum Gasteiger partial charge on any atom is 0.283 e. The van der Waals surface area contributed by atoms with Crippen LogP contribution in [0.1, 0.15) is 20.2 Å². The number of amides is 1. The number of hydrogen-bond donors (Lipinski definition) is 0. The van der Waals surface area contributed by atoms with E-state index in [1.54, 1.807) is 35.7 Å². The van der Waals surface area contributed by atoms with E-state index in [0.29, 0.717) is 27.7 Å². The second-order valence-electron chi connectivity index (χ2n) is 4.94. The fourth-order valence-electron chi connectivity index (χ4n) is 2.18. The molecule has 2 heterocycles. The van der Waals surface area contributed by atoms with Crippen LogP contribution in [-0.2, 0) is 6.54 Å². The Bertz CT molecular complexity index is 929. The van der Waals surface area contributed by atoms with Crippen molar-refractivity contribution >= 4 is 40.2 Å². The van der Waals surface area contributed by atoms with Gasteiger partial charge >= 0.3 is 0 Å². The van der Waals surface area contributed by atoms with Crippen molar-refractivity contribution in [3.63, 3.8) is 0 Å². The van der Waals surface area contributed by atoms with Crippen LogP contribution in [0.25, 0.3) is 0 Å². The fourth-order valence-corrected chi connectivity index (χ4v) is 3.79. The Morgan fingerprint density at radius 1 is 1.46 bits per heavy atom. The second kappa shape index (κ2) is 7.29. The van der Waals surface area contributed by atoms with Crippen molar-refractivity contribution < 1.29 is 9.53 Å². The van der Waals surface area contributed by atoms with Crippen molar-refractivity contribution in [1.82, 2.24) is 9.55 Å². The summed E-state index contributed by atoms with van der Waals surface area (Å²) in [6.07, 6.45) is 3.73. The summed E-state index contributed by atoms with van der Waals surface area (Å²) in [6, 6.07) is 4.90. The van der Waals surface area contributed by atoms with Crippen molar-refractivity contribution in [2.24, 2.45) is 4.99 Å². The van der Waals surface area contributed by atoms with Gasteiger partial charge in [0.2, 0.25) is 0 Å². The number of aromatic nitrogens is 2. The molecule has 0 aliphatic carbocycles. The van der Waals surface area contributed by atoms with Gasteiger partial charge in [-0.2, -0.15) is 4.99 Å². The molecule has 0 bridgehead atoms. The third kappa shape index (κ3) is 3.75. The number of benzene rings is 1. The van der Waals surface area contributed by atoms with Crippen molar-refractivity contribution in [2.45, 2.75) is 13.5 Å². The van der Waals surface area contributed by atoms with Crippen LogP contribution in [0.15, 0.2) is 41.0 Å². The van der Waals surface area contributed by atoms with Crippen LogP contribution in [-0.4, -0.2) is 22.6 Å². The summed E-state index contributed by atoms with van der Waals surface area (Å²) >= 11 is 9.02. The smallest absolute Gasteiger partial charge is 0.283 e. The largest absolute Gasteiger partial charge is 0.496 e. The highest BCUT2D eigenvalue weighted by atomic mass is 35.5. The van der Waals surface area contributed by atoms with E-state index < -0.39 is 0 Å². The zero-order valence-electron chi connectivity index (χ0n) is 13.0. The molecular formula is C16H14ClN3O2S2. The second-order valence-corrected chi connectivity index (χ2v) is 7.57. The number of ether oxygens (including phenoxy) is 1. The van der Waals surface area contributed by atoms with E-state index in [4.69, 9.17) is 16.3 Å². The van der Waals surface area contributed by atoms with E-state index in [-0.39, 0.29) is 5.91 Å². The molecule has 0 atom stereocenters. The number of halogens is 1. The lowest BCUT2D eigenvalue weighted by molar-refractivity contribution is 0.0995. The van der Waals surface area contributed by atoms with Gasteiger partial charge in [-0.15, -0.1) is 22.7 Å².